The van der Waals surface area contributed by atoms with Gasteiger partial charge in [0, 0.05) is 31.3 Å². The largest absolute Gasteiger partial charge is 0.497 e. The van der Waals surface area contributed by atoms with E-state index in [-0.39, 0.29) is 34.5 Å². The number of aromatic amines is 1. The van der Waals surface area contributed by atoms with Crippen LogP contribution in [-0.4, -0.2) is 55.1 Å². The van der Waals surface area contributed by atoms with Crippen LogP contribution in [0.4, 0.5) is 5.82 Å². The lowest BCUT2D eigenvalue weighted by molar-refractivity contribution is 0.309. The standard InChI is InChI=1S/C23H31N5O4S/c1-32-18-9-11-19(12-10-18)33(30,31)28-13-5-6-16(15-28)21-26-22(20(14-24)23(29)27-21)25-17-7-3-2-4-8-17/h9-12,14,16-17,24H,2-8,13,15H2,1H3,(H2,25,26,27,29). The monoisotopic (exact) mass is 473 g/mol. The smallest absolute Gasteiger partial charge is 0.261 e. The molecule has 2 heterocycles. The van der Waals surface area contributed by atoms with E-state index in [0.717, 1.165) is 38.3 Å². The number of ether oxygens (including phenoxy) is 1. The van der Waals surface area contributed by atoms with E-state index in [0.29, 0.717) is 30.4 Å². The van der Waals surface area contributed by atoms with Crippen LogP contribution in [0.25, 0.3) is 0 Å². The first kappa shape index (κ1) is 23.4. The molecule has 2 fully saturated rings. The highest BCUT2D eigenvalue weighted by molar-refractivity contribution is 7.89. The lowest BCUT2D eigenvalue weighted by Gasteiger charge is -2.32. The van der Waals surface area contributed by atoms with E-state index in [1.165, 1.54) is 17.8 Å². The molecule has 33 heavy (non-hydrogen) atoms. The topological polar surface area (TPSA) is 128 Å². The van der Waals surface area contributed by atoms with Gasteiger partial charge in [-0.1, -0.05) is 19.3 Å². The molecule has 2 aromatic rings. The van der Waals surface area contributed by atoms with Crippen LogP contribution >= 0.6 is 0 Å². The molecule has 1 saturated carbocycles. The fourth-order valence-corrected chi connectivity index (χ4v) is 6.18. The molecule has 1 aromatic heterocycles. The van der Waals surface area contributed by atoms with Crippen molar-refractivity contribution in [3.63, 3.8) is 0 Å². The Bertz CT molecular complexity index is 1140. The molecule has 1 aliphatic carbocycles. The number of rotatable bonds is 7. The Kier molecular flexibility index (Phi) is 7.14. The molecular weight excluding hydrogens is 442 g/mol. The summed E-state index contributed by atoms with van der Waals surface area (Å²) in [5, 5.41) is 11.0. The van der Waals surface area contributed by atoms with Crippen molar-refractivity contribution >= 4 is 22.1 Å². The number of piperidine rings is 1. The number of sulfonamides is 1. The first-order valence-corrected chi connectivity index (χ1v) is 12.9. The van der Waals surface area contributed by atoms with Gasteiger partial charge in [-0.15, -0.1) is 0 Å². The number of nitrogens with one attached hydrogen (secondary N) is 3. The second-order valence-electron chi connectivity index (χ2n) is 8.71. The van der Waals surface area contributed by atoms with E-state index in [4.69, 9.17) is 10.1 Å². The van der Waals surface area contributed by atoms with Crippen LogP contribution in [-0.2, 0) is 10.0 Å². The molecule has 1 unspecified atom stereocenters. The first-order valence-electron chi connectivity index (χ1n) is 11.5. The van der Waals surface area contributed by atoms with Gasteiger partial charge >= 0.3 is 0 Å². The maximum absolute atomic E-state index is 13.2. The normalized spacial score (nSPS) is 20.3. The zero-order chi connectivity index (χ0) is 23.4. The number of hydrogen-bond acceptors (Lipinski definition) is 7. The van der Waals surface area contributed by atoms with E-state index < -0.39 is 10.0 Å². The maximum atomic E-state index is 13.2. The number of hydrogen-bond donors (Lipinski definition) is 3. The molecule has 1 saturated heterocycles. The summed E-state index contributed by atoms with van der Waals surface area (Å²) in [4.78, 5) is 20.4. The Morgan fingerprint density at radius 1 is 1.15 bits per heavy atom. The fraction of sp³-hybridized carbons (Fsp3) is 0.522. The average Bonchev–Trinajstić information content (AvgIpc) is 2.84. The Morgan fingerprint density at radius 2 is 1.88 bits per heavy atom. The quantitative estimate of drug-likeness (QED) is 0.530. The third-order valence-electron chi connectivity index (χ3n) is 6.53. The summed E-state index contributed by atoms with van der Waals surface area (Å²) in [6.07, 6.45) is 7.93. The zero-order valence-corrected chi connectivity index (χ0v) is 19.7. The molecule has 3 N–H and O–H groups in total. The summed E-state index contributed by atoms with van der Waals surface area (Å²) in [5.74, 6) is 1.26. The Hall–Kier alpha value is -2.72. The molecule has 0 radical (unpaired) electrons. The minimum atomic E-state index is -3.68. The molecule has 2 aliphatic rings. The minimum Gasteiger partial charge on any atom is -0.497 e. The highest BCUT2D eigenvalue weighted by atomic mass is 32.2. The second kappa shape index (κ2) is 10.0. The number of methoxy groups -OCH3 is 1. The second-order valence-corrected chi connectivity index (χ2v) is 10.7. The number of nitrogens with zero attached hydrogens (tertiary/aromatic N) is 2. The van der Waals surface area contributed by atoms with E-state index in [9.17, 15) is 13.2 Å². The van der Waals surface area contributed by atoms with Crippen molar-refractivity contribution in [3.05, 3.63) is 46.0 Å². The van der Waals surface area contributed by atoms with Gasteiger partial charge in [0.05, 0.1) is 17.6 Å². The van der Waals surface area contributed by atoms with Gasteiger partial charge in [-0.05, 0) is 49.9 Å². The number of anilines is 1. The lowest BCUT2D eigenvalue weighted by atomic mass is 9.95. The van der Waals surface area contributed by atoms with Gasteiger partial charge < -0.3 is 20.4 Å². The fourth-order valence-electron chi connectivity index (χ4n) is 4.66. The van der Waals surface area contributed by atoms with Crippen LogP contribution in [0.1, 0.15) is 62.3 Å². The predicted molar refractivity (Wildman–Crippen MR) is 127 cm³/mol. The van der Waals surface area contributed by atoms with Crippen molar-refractivity contribution in [2.24, 2.45) is 0 Å². The Balaban J connectivity index is 1.58. The molecule has 10 heteroatoms. The van der Waals surface area contributed by atoms with Crippen LogP contribution in [0.3, 0.4) is 0 Å². The Labute approximate surface area is 194 Å². The van der Waals surface area contributed by atoms with Gasteiger partial charge in [-0.2, -0.15) is 4.31 Å². The number of aromatic nitrogens is 2. The van der Waals surface area contributed by atoms with Crippen molar-refractivity contribution in [2.75, 3.05) is 25.5 Å². The highest BCUT2D eigenvalue weighted by Crippen LogP contribution is 2.30. The van der Waals surface area contributed by atoms with Gasteiger partial charge in [0.2, 0.25) is 10.0 Å². The van der Waals surface area contributed by atoms with Gasteiger partial charge in [0.15, 0.2) is 0 Å². The molecule has 1 atom stereocenters. The number of benzene rings is 1. The van der Waals surface area contributed by atoms with E-state index in [1.54, 1.807) is 24.3 Å². The summed E-state index contributed by atoms with van der Waals surface area (Å²) in [5.41, 5.74) is -0.161. The van der Waals surface area contributed by atoms with Crippen molar-refractivity contribution in [3.8, 4) is 5.75 Å². The van der Waals surface area contributed by atoms with Crippen molar-refractivity contribution in [2.45, 2.75) is 61.8 Å². The van der Waals surface area contributed by atoms with Crippen molar-refractivity contribution in [1.29, 1.82) is 5.41 Å². The Morgan fingerprint density at radius 3 is 2.55 bits per heavy atom. The summed E-state index contributed by atoms with van der Waals surface area (Å²) in [6, 6.07) is 6.59. The summed E-state index contributed by atoms with van der Waals surface area (Å²) >= 11 is 0. The van der Waals surface area contributed by atoms with Gasteiger partial charge in [0.1, 0.15) is 17.4 Å². The van der Waals surface area contributed by atoms with E-state index in [1.807, 2.05) is 0 Å². The molecule has 4 rings (SSSR count). The van der Waals surface area contributed by atoms with E-state index >= 15 is 0 Å². The molecule has 9 nitrogen and oxygen atoms in total. The summed E-state index contributed by atoms with van der Waals surface area (Å²) < 4.78 is 33.0. The minimum absolute atomic E-state index is 0.211. The molecule has 0 amide bonds. The lowest BCUT2D eigenvalue weighted by Crippen LogP contribution is -2.40. The zero-order valence-electron chi connectivity index (χ0n) is 18.8. The van der Waals surface area contributed by atoms with Crippen molar-refractivity contribution < 1.29 is 13.2 Å². The van der Waals surface area contributed by atoms with Crippen LogP contribution in [0.15, 0.2) is 34.0 Å². The van der Waals surface area contributed by atoms with Gasteiger partial charge in [0.25, 0.3) is 5.56 Å². The average molecular weight is 474 g/mol. The van der Waals surface area contributed by atoms with Crippen LogP contribution in [0.5, 0.6) is 5.75 Å². The van der Waals surface area contributed by atoms with Crippen molar-refractivity contribution in [1.82, 2.24) is 14.3 Å². The summed E-state index contributed by atoms with van der Waals surface area (Å²) in [6.45, 7) is 0.658. The molecule has 0 bridgehead atoms. The predicted octanol–water partition coefficient (Wildman–Crippen LogP) is 3.09. The maximum Gasteiger partial charge on any atom is 0.261 e. The molecule has 178 valence electrons. The van der Waals surface area contributed by atoms with Crippen LogP contribution < -0.4 is 15.6 Å². The number of H-pyrrole nitrogens is 1. The third kappa shape index (κ3) is 5.11. The van der Waals surface area contributed by atoms with E-state index in [2.05, 4.69) is 15.3 Å². The highest BCUT2D eigenvalue weighted by Gasteiger charge is 2.32. The summed E-state index contributed by atoms with van der Waals surface area (Å²) in [7, 11) is -2.14. The van der Waals surface area contributed by atoms with Gasteiger partial charge in [-0.3, -0.25) is 4.79 Å². The first-order chi connectivity index (χ1) is 15.9. The molecule has 1 aliphatic heterocycles. The van der Waals surface area contributed by atoms with Crippen LogP contribution in [0.2, 0.25) is 0 Å². The molecular formula is C23H31N5O4S. The molecule has 0 spiro atoms. The third-order valence-corrected chi connectivity index (χ3v) is 8.41. The van der Waals surface area contributed by atoms with Crippen LogP contribution in [0, 0.1) is 5.41 Å². The van der Waals surface area contributed by atoms with Gasteiger partial charge in [-0.25, -0.2) is 13.4 Å². The molecule has 1 aromatic carbocycles. The SMILES string of the molecule is COc1ccc(S(=O)(=O)N2CCCC(c3nc(NC4CCCCC4)c(C=N)c(=O)[nH]3)C2)cc1.